The summed E-state index contributed by atoms with van der Waals surface area (Å²) in [6, 6.07) is 0. The van der Waals surface area contributed by atoms with Gasteiger partial charge in [-0.25, -0.2) is 4.98 Å². The number of nitrogens with zero attached hydrogens (tertiary/aromatic N) is 2. The average molecular weight is 312 g/mol. The highest BCUT2D eigenvalue weighted by Crippen LogP contribution is 2.39. The number of carbonyl (C=O) groups is 1. The second-order valence-corrected chi connectivity index (χ2v) is 7.16. The number of ketones is 1. The molecule has 0 atom stereocenters. The first-order chi connectivity index (χ1) is 9.96. The third-order valence-corrected chi connectivity index (χ3v) is 4.83. The lowest BCUT2D eigenvalue weighted by molar-refractivity contribution is 0.0916. The number of fused-ring (bicyclic) bond motifs is 1. The van der Waals surface area contributed by atoms with Crippen molar-refractivity contribution >= 4 is 22.3 Å². The first-order valence-electron chi connectivity index (χ1n) is 7.22. The second-order valence-electron chi connectivity index (χ2n) is 6.19. The number of rotatable bonds is 7. The van der Waals surface area contributed by atoms with E-state index in [-0.39, 0.29) is 11.2 Å². The van der Waals surface area contributed by atoms with Gasteiger partial charge in [0.2, 0.25) is 0 Å². The number of anilines is 1. The lowest BCUT2D eigenvalue weighted by Gasteiger charge is -2.26. The number of hydrogen-bond acceptors (Lipinski definition) is 6. The fraction of sp³-hybridized carbons (Fsp3) is 0.733. The molecule has 1 heterocycles. The molecular weight excluding hydrogens is 288 g/mol. The summed E-state index contributed by atoms with van der Waals surface area (Å²) in [5.74, 6) is 0.225. The van der Waals surface area contributed by atoms with E-state index in [1.807, 2.05) is 0 Å². The van der Waals surface area contributed by atoms with Crippen LogP contribution in [0.2, 0.25) is 0 Å². The predicted octanol–water partition coefficient (Wildman–Crippen LogP) is 2.40. The molecule has 21 heavy (non-hydrogen) atoms. The van der Waals surface area contributed by atoms with Crippen LogP contribution < -0.4 is 4.90 Å². The van der Waals surface area contributed by atoms with Crippen LogP contribution in [-0.4, -0.2) is 51.3 Å². The molecule has 0 aromatic carbocycles. The zero-order chi connectivity index (χ0) is 15.5. The van der Waals surface area contributed by atoms with Crippen molar-refractivity contribution in [1.29, 1.82) is 0 Å². The van der Waals surface area contributed by atoms with Crippen molar-refractivity contribution in [2.45, 2.75) is 26.7 Å². The molecule has 0 saturated heterocycles. The number of ether oxygens (including phenoxy) is 2. The maximum atomic E-state index is 12.3. The predicted molar refractivity (Wildman–Crippen MR) is 84.5 cm³/mol. The monoisotopic (exact) mass is 312 g/mol. The highest BCUT2D eigenvalue weighted by molar-refractivity contribution is 7.17. The van der Waals surface area contributed by atoms with Crippen LogP contribution in [0.25, 0.3) is 0 Å². The van der Waals surface area contributed by atoms with Crippen molar-refractivity contribution in [2.24, 2.45) is 5.41 Å². The smallest absolute Gasteiger partial charge is 0.186 e. The molecule has 0 spiro atoms. The van der Waals surface area contributed by atoms with E-state index in [1.165, 1.54) is 11.3 Å². The van der Waals surface area contributed by atoms with Gasteiger partial charge in [0.15, 0.2) is 10.9 Å². The van der Waals surface area contributed by atoms with Crippen molar-refractivity contribution in [3.63, 3.8) is 0 Å². The molecule has 1 aliphatic rings. The molecule has 0 unspecified atom stereocenters. The quantitative estimate of drug-likeness (QED) is 0.774. The molecule has 6 heteroatoms. The fourth-order valence-electron chi connectivity index (χ4n) is 2.55. The zero-order valence-corrected chi connectivity index (χ0v) is 14.1. The summed E-state index contributed by atoms with van der Waals surface area (Å²) in [5.41, 5.74) is 0.968. The molecule has 0 radical (unpaired) electrons. The summed E-state index contributed by atoms with van der Waals surface area (Å²) in [7, 11) is 3.38. The van der Waals surface area contributed by atoms with Crippen LogP contribution in [0.4, 0.5) is 5.13 Å². The van der Waals surface area contributed by atoms with E-state index < -0.39 is 0 Å². The molecule has 0 amide bonds. The Morgan fingerprint density at radius 3 is 2.38 bits per heavy atom. The third-order valence-electron chi connectivity index (χ3n) is 3.63. The summed E-state index contributed by atoms with van der Waals surface area (Å²) < 4.78 is 10.3. The van der Waals surface area contributed by atoms with E-state index in [2.05, 4.69) is 18.7 Å². The Bertz CT molecular complexity index is 491. The summed E-state index contributed by atoms with van der Waals surface area (Å²) >= 11 is 1.51. The van der Waals surface area contributed by atoms with Gasteiger partial charge in [0, 0.05) is 33.7 Å². The average Bonchev–Trinajstić information content (AvgIpc) is 2.81. The first kappa shape index (κ1) is 16.4. The lowest BCUT2D eigenvalue weighted by Crippen LogP contribution is -2.30. The highest BCUT2D eigenvalue weighted by atomic mass is 32.1. The van der Waals surface area contributed by atoms with Gasteiger partial charge in [-0.3, -0.25) is 4.79 Å². The maximum Gasteiger partial charge on any atom is 0.186 e. The van der Waals surface area contributed by atoms with Gasteiger partial charge in [0.05, 0.1) is 23.8 Å². The maximum absolute atomic E-state index is 12.3. The van der Waals surface area contributed by atoms with E-state index in [1.54, 1.807) is 14.2 Å². The van der Waals surface area contributed by atoms with E-state index in [0.717, 1.165) is 35.2 Å². The minimum atomic E-state index is 0.0132. The summed E-state index contributed by atoms with van der Waals surface area (Å²) in [6.07, 6.45) is 1.48. The van der Waals surface area contributed by atoms with Gasteiger partial charge in [-0.1, -0.05) is 25.2 Å². The highest BCUT2D eigenvalue weighted by Gasteiger charge is 2.34. The Hall–Kier alpha value is -0.980. The zero-order valence-electron chi connectivity index (χ0n) is 13.3. The number of hydrogen-bond donors (Lipinski definition) is 0. The molecule has 2 rings (SSSR count). The van der Waals surface area contributed by atoms with Crippen molar-refractivity contribution in [3.8, 4) is 0 Å². The van der Waals surface area contributed by atoms with Gasteiger partial charge in [0.1, 0.15) is 0 Å². The fourth-order valence-corrected chi connectivity index (χ4v) is 3.62. The number of Topliss-reactive ketones (excluding diaryl/α,β-unsaturated/α-hetero) is 1. The van der Waals surface area contributed by atoms with E-state index in [9.17, 15) is 4.79 Å². The number of methoxy groups -OCH3 is 2. The SMILES string of the molecule is COCCN(CCOC)c1nc2c(s1)C(=O)CC(C)(C)C2. The Kier molecular flexibility index (Phi) is 5.35. The van der Waals surface area contributed by atoms with Crippen LogP contribution in [0.3, 0.4) is 0 Å². The summed E-state index contributed by atoms with van der Waals surface area (Å²) in [6.45, 7) is 7.02. The second kappa shape index (κ2) is 6.85. The largest absolute Gasteiger partial charge is 0.383 e. The third kappa shape index (κ3) is 4.02. The minimum Gasteiger partial charge on any atom is -0.383 e. The van der Waals surface area contributed by atoms with Crippen LogP contribution in [0, 0.1) is 5.41 Å². The van der Waals surface area contributed by atoms with Crippen LogP contribution in [-0.2, 0) is 15.9 Å². The number of aromatic nitrogens is 1. The molecule has 0 fully saturated rings. The van der Waals surface area contributed by atoms with Crippen LogP contribution >= 0.6 is 11.3 Å². The van der Waals surface area contributed by atoms with Gasteiger partial charge >= 0.3 is 0 Å². The standard InChI is InChI=1S/C15H24N2O3S/c1-15(2)9-11-13(12(18)10-15)21-14(16-11)17(5-7-19-3)6-8-20-4/h5-10H2,1-4H3. The van der Waals surface area contributed by atoms with E-state index in [0.29, 0.717) is 19.6 Å². The lowest BCUT2D eigenvalue weighted by atomic mass is 9.78. The number of thiazole rings is 1. The van der Waals surface area contributed by atoms with Gasteiger partial charge in [-0.2, -0.15) is 0 Å². The Morgan fingerprint density at radius 2 is 1.81 bits per heavy atom. The molecule has 0 saturated carbocycles. The van der Waals surface area contributed by atoms with Crippen molar-refractivity contribution in [3.05, 3.63) is 10.6 Å². The van der Waals surface area contributed by atoms with Crippen molar-refractivity contribution in [2.75, 3.05) is 45.4 Å². The van der Waals surface area contributed by atoms with E-state index in [4.69, 9.17) is 14.5 Å². The van der Waals surface area contributed by atoms with Gasteiger partial charge in [-0.15, -0.1) is 0 Å². The van der Waals surface area contributed by atoms with Gasteiger partial charge in [0.25, 0.3) is 0 Å². The molecular formula is C15H24N2O3S. The van der Waals surface area contributed by atoms with Crippen LogP contribution in [0.15, 0.2) is 0 Å². The molecule has 1 aromatic heterocycles. The minimum absolute atomic E-state index is 0.0132. The summed E-state index contributed by atoms with van der Waals surface area (Å²) in [5, 5.41) is 0.903. The van der Waals surface area contributed by atoms with Crippen molar-refractivity contribution in [1.82, 2.24) is 4.98 Å². The molecule has 1 aliphatic carbocycles. The first-order valence-corrected chi connectivity index (χ1v) is 8.04. The van der Waals surface area contributed by atoms with Gasteiger partial charge in [-0.05, 0) is 11.8 Å². The Balaban J connectivity index is 2.20. The molecule has 0 aliphatic heterocycles. The van der Waals surface area contributed by atoms with Crippen LogP contribution in [0.1, 0.15) is 35.6 Å². The van der Waals surface area contributed by atoms with Crippen molar-refractivity contribution < 1.29 is 14.3 Å². The number of carbonyl (C=O) groups excluding carboxylic acids is 1. The molecule has 5 nitrogen and oxygen atoms in total. The molecule has 0 bridgehead atoms. The molecule has 1 aromatic rings. The van der Waals surface area contributed by atoms with E-state index >= 15 is 0 Å². The van der Waals surface area contributed by atoms with Crippen LogP contribution in [0.5, 0.6) is 0 Å². The molecule has 0 N–H and O–H groups in total. The normalized spacial score (nSPS) is 16.9. The topological polar surface area (TPSA) is 51.7 Å². The van der Waals surface area contributed by atoms with Gasteiger partial charge < -0.3 is 14.4 Å². The Labute approximate surface area is 130 Å². The molecule has 118 valence electrons. The Morgan fingerprint density at radius 1 is 1.19 bits per heavy atom. The summed E-state index contributed by atoms with van der Waals surface area (Å²) in [4.78, 5) is 20.0.